The van der Waals surface area contributed by atoms with Crippen LogP contribution in [0.1, 0.15) is 37.0 Å². The number of Topliss-reactive ketones (excluding diaryl/α,β-unsaturated/α-hetero) is 1. The van der Waals surface area contributed by atoms with Gasteiger partial charge in [0.1, 0.15) is 0 Å². The number of rotatable bonds is 5. The standard InChI is InChI=1S/C18H21NO/c1-3-18(19,4-2)17(20)16-12-10-15(11-13-16)14-8-6-5-7-9-14/h5-13H,3-4,19H2,1-2H3. The van der Waals surface area contributed by atoms with Gasteiger partial charge in [-0.15, -0.1) is 0 Å². The van der Waals surface area contributed by atoms with Gasteiger partial charge >= 0.3 is 0 Å². The maximum absolute atomic E-state index is 12.5. The largest absolute Gasteiger partial charge is 0.319 e. The molecule has 0 aliphatic heterocycles. The van der Waals surface area contributed by atoms with Crippen LogP contribution in [0.15, 0.2) is 54.6 Å². The lowest BCUT2D eigenvalue weighted by Crippen LogP contribution is -2.46. The van der Waals surface area contributed by atoms with Crippen molar-refractivity contribution in [2.75, 3.05) is 0 Å². The number of benzene rings is 2. The smallest absolute Gasteiger partial charge is 0.182 e. The van der Waals surface area contributed by atoms with Crippen LogP contribution in [0.25, 0.3) is 11.1 Å². The Kier molecular flexibility index (Phi) is 4.35. The SMILES string of the molecule is CCC(N)(CC)C(=O)c1ccc(-c2ccccc2)cc1. The summed E-state index contributed by atoms with van der Waals surface area (Å²) < 4.78 is 0. The summed E-state index contributed by atoms with van der Waals surface area (Å²) >= 11 is 0. The van der Waals surface area contributed by atoms with E-state index in [1.165, 1.54) is 0 Å². The molecule has 2 aromatic carbocycles. The Morgan fingerprint density at radius 3 is 1.90 bits per heavy atom. The molecule has 104 valence electrons. The molecule has 0 aliphatic carbocycles. The van der Waals surface area contributed by atoms with Crippen molar-refractivity contribution in [2.24, 2.45) is 5.73 Å². The van der Waals surface area contributed by atoms with Gasteiger partial charge in [-0.1, -0.05) is 68.4 Å². The molecule has 20 heavy (non-hydrogen) atoms. The van der Waals surface area contributed by atoms with Crippen molar-refractivity contribution < 1.29 is 4.79 Å². The molecule has 2 nitrogen and oxygen atoms in total. The molecule has 0 atom stereocenters. The van der Waals surface area contributed by atoms with Gasteiger partial charge < -0.3 is 5.73 Å². The number of carbonyl (C=O) groups is 1. The summed E-state index contributed by atoms with van der Waals surface area (Å²) in [6.45, 7) is 3.92. The van der Waals surface area contributed by atoms with Crippen molar-refractivity contribution in [1.29, 1.82) is 0 Å². The van der Waals surface area contributed by atoms with E-state index in [4.69, 9.17) is 5.73 Å². The van der Waals surface area contributed by atoms with Gasteiger partial charge in [0.15, 0.2) is 5.78 Å². The van der Waals surface area contributed by atoms with Crippen LogP contribution in [0, 0.1) is 0 Å². The second-order valence-electron chi connectivity index (χ2n) is 5.14. The van der Waals surface area contributed by atoms with Crippen molar-refractivity contribution >= 4 is 5.78 Å². The Morgan fingerprint density at radius 2 is 1.40 bits per heavy atom. The molecule has 0 aliphatic rings. The summed E-state index contributed by atoms with van der Waals surface area (Å²) in [6, 6.07) is 17.8. The van der Waals surface area contributed by atoms with Crippen LogP contribution in [0.3, 0.4) is 0 Å². The van der Waals surface area contributed by atoms with Gasteiger partial charge in [-0.2, -0.15) is 0 Å². The van der Waals surface area contributed by atoms with Gasteiger partial charge in [-0.25, -0.2) is 0 Å². The molecule has 0 amide bonds. The third-order valence-corrected chi connectivity index (χ3v) is 3.97. The molecule has 0 aromatic heterocycles. The zero-order chi connectivity index (χ0) is 14.6. The van der Waals surface area contributed by atoms with Crippen LogP contribution >= 0.6 is 0 Å². The average Bonchev–Trinajstić information content (AvgIpc) is 2.54. The zero-order valence-electron chi connectivity index (χ0n) is 12.1. The van der Waals surface area contributed by atoms with Crippen LogP contribution in [0.4, 0.5) is 0 Å². The monoisotopic (exact) mass is 267 g/mol. The topological polar surface area (TPSA) is 43.1 Å². The molecule has 2 heteroatoms. The van der Waals surface area contributed by atoms with E-state index in [2.05, 4.69) is 12.1 Å². The van der Waals surface area contributed by atoms with E-state index in [0.717, 1.165) is 11.1 Å². The van der Waals surface area contributed by atoms with Crippen LogP contribution in [0.2, 0.25) is 0 Å². The Morgan fingerprint density at radius 1 is 0.900 bits per heavy atom. The quantitative estimate of drug-likeness (QED) is 0.830. The first-order valence-electron chi connectivity index (χ1n) is 7.10. The van der Waals surface area contributed by atoms with E-state index < -0.39 is 5.54 Å². The molecule has 0 spiro atoms. The van der Waals surface area contributed by atoms with E-state index in [-0.39, 0.29) is 5.78 Å². The highest BCUT2D eigenvalue weighted by Crippen LogP contribution is 2.22. The van der Waals surface area contributed by atoms with Crippen LogP contribution in [-0.4, -0.2) is 11.3 Å². The van der Waals surface area contributed by atoms with E-state index in [0.29, 0.717) is 18.4 Å². The van der Waals surface area contributed by atoms with Crippen molar-refractivity contribution in [2.45, 2.75) is 32.2 Å². The number of ketones is 1. The molecule has 2 N–H and O–H groups in total. The van der Waals surface area contributed by atoms with Gasteiger partial charge in [0.05, 0.1) is 5.54 Å². The van der Waals surface area contributed by atoms with E-state index >= 15 is 0 Å². The van der Waals surface area contributed by atoms with Crippen molar-refractivity contribution in [3.8, 4) is 11.1 Å². The van der Waals surface area contributed by atoms with Gasteiger partial charge in [0.25, 0.3) is 0 Å². The molecule has 2 rings (SSSR count). The summed E-state index contributed by atoms with van der Waals surface area (Å²) in [5, 5.41) is 0. The molecule has 0 unspecified atom stereocenters. The zero-order valence-corrected chi connectivity index (χ0v) is 12.1. The Bertz CT molecular complexity index is 568. The maximum atomic E-state index is 12.5. The van der Waals surface area contributed by atoms with Gasteiger partial charge in [0.2, 0.25) is 0 Å². The summed E-state index contributed by atoms with van der Waals surface area (Å²) in [5.41, 5.74) is 8.38. The fourth-order valence-corrected chi connectivity index (χ4v) is 2.30. The molecular weight excluding hydrogens is 246 g/mol. The van der Waals surface area contributed by atoms with Crippen LogP contribution in [-0.2, 0) is 0 Å². The molecule has 0 bridgehead atoms. The number of carbonyl (C=O) groups excluding carboxylic acids is 1. The van der Waals surface area contributed by atoms with Crippen molar-refractivity contribution in [1.82, 2.24) is 0 Å². The molecule has 0 fully saturated rings. The van der Waals surface area contributed by atoms with Gasteiger partial charge in [0, 0.05) is 5.56 Å². The normalized spacial score (nSPS) is 11.3. The Labute approximate surface area is 120 Å². The van der Waals surface area contributed by atoms with Crippen LogP contribution < -0.4 is 5.73 Å². The van der Waals surface area contributed by atoms with E-state index in [1.807, 2.05) is 56.3 Å². The highest BCUT2D eigenvalue weighted by atomic mass is 16.1. The van der Waals surface area contributed by atoms with E-state index in [9.17, 15) is 4.79 Å². The Hall–Kier alpha value is -1.93. The first kappa shape index (κ1) is 14.5. The predicted molar refractivity (Wildman–Crippen MR) is 83.7 cm³/mol. The number of hydrogen-bond acceptors (Lipinski definition) is 2. The first-order valence-corrected chi connectivity index (χ1v) is 7.10. The summed E-state index contributed by atoms with van der Waals surface area (Å²) in [4.78, 5) is 12.5. The number of hydrogen-bond donors (Lipinski definition) is 1. The lowest BCUT2D eigenvalue weighted by atomic mass is 9.85. The summed E-state index contributed by atoms with van der Waals surface area (Å²) in [5.74, 6) is 0.0297. The third kappa shape index (κ3) is 2.81. The molecule has 0 saturated carbocycles. The molecular formula is C18H21NO. The highest BCUT2D eigenvalue weighted by molar-refractivity contribution is 6.03. The minimum Gasteiger partial charge on any atom is -0.319 e. The average molecular weight is 267 g/mol. The minimum atomic E-state index is -0.742. The first-order chi connectivity index (χ1) is 9.60. The fourth-order valence-electron chi connectivity index (χ4n) is 2.30. The fraction of sp³-hybridized carbons (Fsp3) is 0.278. The highest BCUT2D eigenvalue weighted by Gasteiger charge is 2.30. The molecule has 0 heterocycles. The molecule has 0 radical (unpaired) electrons. The molecule has 2 aromatic rings. The second kappa shape index (κ2) is 6.02. The second-order valence-corrected chi connectivity index (χ2v) is 5.14. The van der Waals surface area contributed by atoms with Crippen molar-refractivity contribution in [3.05, 3.63) is 60.2 Å². The maximum Gasteiger partial charge on any atom is 0.182 e. The molecule has 0 saturated heterocycles. The summed E-state index contributed by atoms with van der Waals surface area (Å²) in [7, 11) is 0. The predicted octanol–water partition coefficient (Wildman–Crippen LogP) is 4.05. The third-order valence-electron chi connectivity index (χ3n) is 3.97. The minimum absolute atomic E-state index is 0.0297. The van der Waals surface area contributed by atoms with Gasteiger partial charge in [-0.05, 0) is 24.0 Å². The summed E-state index contributed by atoms with van der Waals surface area (Å²) in [6.07, 6.45) is 1.31. The lowest BCUT2D eigenvalue weighted by molar-refractivity contribution is 0.0879. The van der Waals surface area contributed by atoms with Gasteiger partial charge in [-0.3, -0.25) is 4.79 Å². The van der Waals surface area contributed by atoms with E-state index in [1.54, 1.807) is 0 Å². The van der Waals surface area contributed by atoms with Crippen molar-refractivity contribution in [3.63, 3.8) is 0 Å². The number of nitrogens with two attached hydrogens (primary N) is 1. The lowest BCUT2D eigenvalue weighted by Gasteiger charge is -2.24. The van der Waals surface area contributed by atoms with Crippen LogP contribution in [0.5, 0.6) is 0 Å². The Balaban J connectivity index is 2.27.